The highest BCUT2D eigenvalue weighted by Crippen LogP contribution is 2.08. The van der Waals surface area contributed by atoms with Crippen LogP contribution in [0.25, 0.3) is 11.2 Å². The molecule has 0 unspecified atom stereocenters. The fourth-order valence-electron chi connectivity index (χ4n) is 3.09. The number of carbonyl (C=O) groups excluding carboxylic acids is 1. The van der Waals surface area contributed by atoms with Crippen molar-refractivity contribution in [2.45, 2.75) is 32.7 Å². The van der Waals surface area contributed by atoms with E-state index in [9.17, 15) is 14.4 Å². The molecule has 0 bridgehead atoms. The molecule has 28 heavy (non-hydrogen) atoms. The number of hydrogen-bond acceptors (Lipinski definition) is 5. The number of imidazole rings is 1. The number of nitrogens with zero attached hydrogens (tertiary/aromatic N) is 4. The van der Waals surface area contributed by atoms with Gasteiger partial charge in [-0.2, -0.15) is 0 Å². The predicted octanol–water partition coefficient (Wildman–Crippen LogP) is 1.31. The lowest BCUT2D eigenvalue weighted by Gasteiger charge is -2.08. The molecule has 0 aliphatic carbocycles. The van der Waals surface area contributed by atoms with Gasteiger partial charge in [0, 0.05) is 20.5 Å². The summed E-state index contributed by atoms with van der Waals surface area (Å²) in [5.41, 5.74) is 2.20. The van der Waals surface area contributed by atoms with Gasteiger partial charge in [-0.05, 0) is 25.3 Å². The summed E-state index contributed by atoms with van der Waals surface area (Å²) in [5, 5.41) is 0. The third kappa shape index (κ3) is 4.05. The zero-order chi connectivity index (χ0) is 20.3. The van der Waals surface area contributed by atoms with E-state index in [-0.39, 0.29) is 12.6 Å². The van der Waals surface area contributed by atoms with Crippen LogP contribution >= 0.6 is 0 Å². The van der Waals surface area contributed by atoms with Gasteiger partial charge in [0.25, 0.3) is 5.56 Å². The van der Waals surface area contributed by atoms with Crippen molar-refractivity contribution in [2.24, 2.45) is 14.1 Å². The molecule has 0 N–H and O–H groups in total. The first-order valence-corrected chi connectivity index (χ1v) is 9.20. The maximum absolute atomic E-state index is 12.4. The number of rotatable bonds is 7. The van der Waals surface area contributed by atoms with Gasteiger partial charge in [-0.3, -0.25) is 18.7 Å². The standard InChI is InChI=1S/C20H24N4O4/c1-14-7-9-15(10-8-14)5-4-6-16(25)28-12-11-24-13-21-18-17(24)19(26)23(3)20(27)22(18)2/h7-10,13H,4-6,11-12H2,1-3H3. The van der Waals surface area contributed by atoms with Crippen molar-refractivity contribution in [3.8, 4) is 0 Å². The summed E-state index contributed by atoms with van der Waals surface area (Å²) in [6.07, 6.45) is 3.37. The minimum atomic E-state index is -0.428. The lowest BCUT2D eigenvalue weighted by molar-refractivity contribution is -0.144. The number of benzene rings is 1. The van der Waals surface area contributed by atoms with Crippen molar-refractivity contribution < 1.29 is 9.53 Å². The largest absolute Gasteiger partial charge is 0.464 e. The van der Waals surface area contributed by atoms with Crippen molar-refractivity contribution in [3.63, 3.8) is 0 Å². The highest BCUT2D eigenvalue weighted by Gasteiger charge is 2.14. The van der Waals surface area contributed by atoms with Crippen LogP contribution in [0.3, 0.4) is 0 Å². The van der Waals surface area contributed by atoms with Gasteiger partial charge in [0.05, 0.1) is 12.9 Å². The third-order valence-electron chi connectivity index (χ3n) is 4.78. The van der Waals surface area contributed by atoms with Crippen LogP contribution in [0.15, 0.2) is 40.2 Å². The van der Waals surface area contributed by atoms with Crippen LogP contribution in [0, 0.1) is 6.92 Å². The van der Waals surface area contributed by atoms with E-state index in [1.54, 1.807) is 11.6 Å². The van der Waals surface area contributed by atoms with Crippen LogP contribution in [0.1, 0.15) is 24.0 Å². The molecular formula is C20H24N4O4. The molecule has 0 fully saturated rings. The summed E-state index contributed by atoms with van der Waals surface area (Å²) in [5.74, 6) is -0.267. The molecule has 8 heteroatoms. The first-order valence-electron chi connectivity index (χ1n) is 9.20. The Bertz CT molecular complexity index is 1110. The van der Waals surface area contributed by atoms with Gasteiger partial charge < -0.3 is 9.30 Å². The van der Waals surface area contributed by atoms with E-state index < -0.39 is 11.2 Å². The molecule has 2 aromatic heterocycles. The maximum atomic E-state index is 12.4. The van der Waals surface area contributed by atoms with Crippen molar-refractivity contribution in [2.75, 3.05) is 6.61 Å². The quantitative estimate of drug-likeness (QED) is 0.573. The Labute approximate surface area is 162 Å². The summed E-state index contributed by atoms with van der Waals surface area (Å²) in [6, 6.07) is 8.25. The number of aryl methyl sites for hydroxylation is 3. The Morgan fingerprint density at radius 3 is 2.54 bits per heavy atom. The van der Waals surface area contributed by atoms with Crippen LogP contribution < -0.4 is 11.2 Å². The van der Waals surface area contributed by atoms with Crippen molar-refractivity contribution in [3.05, 3.63) is 62.6 Å². The third-order valence-corrected chi connectivity index (χ3v) is 4.78. The van der Waals surface area contributed by atoms with Gasteiger partial charge in [0.1, 0.15) is 6.61 Å². The van der Waals surface area contributed by atoms with E-state index >= 15 is 0 Å². The molecule has 148 valence electrons. The fraction of sp³-hybridized carbons (Fsp3) is 0.400. The second-order valence-electron chi connectivity index (χ2n) is 6.88. The molecule has 3 rings (SSSR count). The molecule has 0 saturated carbocycles. The fourth-order valence-corrected chi connectivity index (χ4v) is 3.09. The van der Waals surface area contributed by atoms with E-state index in [2.05, 4.69) is 29.2 Å². The lowest BCUT2D eigenvalue weighted by atomic mass is 10.1. The molecule has 3 aromatic rings. The van der Waals surface area contributed by atoms with E-state index in [4.69, 9.17) is 4.74 Å². The van der Waals surface area contributed by atoms with E-state index in [0.29, 0.717) is 24.1 Å². The first kappa shape index (κ1) is 19.6. The molecule has 0 spiro atoms. The maximum Gasteiger partial charge on any atom is 0.332 e. The minimum Gasteiger partial charge on any atom is -0.464 e. The van der Waals surface area contributed by atoms with Crippen LogP contribution in [-0.4, -0.2) is 31.3 Å². The molecule has 0 radical (unpaired) electrons. The summed E-state index contributed by atoms with van der Waals surface area (Å²) >= 11 is 0. The summed E-state index contributed by atoms with van der Waals surface area (Å²) in [4.78, 5) is 40.4. The smallest absolute Gasteiger partial charge is 0.332 e. The number of fused-ring (bicyclic) bond motifs is 1. The SMILES string of the molecule is Cc1ccc(CCCC(=O)OCCn2cnc3c2c(=O)n(C)c(=O)n3C)cc1. The normalized spacial score (nSPS) is 11.1. The number of ether oxygens (including phenoxy) is 1. The number of aromatic nitrogens is 4. The monoisotopic (exact) mass is 384 g/mol. The summed E-state index contributed by atoms with van der Waals surface area (Å²) < 4.78 is 9.25. The van der Waals surface area contributed by atoms with E-state index in [1.807, 2.05) is 6.92 Å². The average Bonchev–Trinajstić information content (AvgIpc) is 3.10. The van der Waals surface area contributed by atoms with Gasteiger partial charge in [-0.1, -0.05) is 29.8 Å². The zero-order valence-corrected chi connectivity index (χ0v) is 16.3. The molecule has 0 aliphatic heterocycles. The molecule has 0 aliphatic rings. The second-order valence-corrected chi connectivity index (χ2v) is 6.88. The molecule has 2 heterocycles. The van der Waals surface area contributed by atoms with Gasteiger partial charge in [-0.15, -0.1) is 0 Å². The van der Waals surface area contributed by atoms with Gasteiger partial charge in [0.15, 0.2) is 11.2 Å². The Morgan fingerprint density at radius 1 is 1.11 bits per heavy atom. The molecule has 0 amide bonds. The zero-order valence-electron chi connectivity index (χ0n) is 16.3. The Balaban J connectivity index is 1.53. The minimum absolute atomic E-state index is 0.140. The van der Waals surface area contributed by atoms with Crippen molar-refractivity contribution >= 4 is 17.1 Å². The van der Waals surface area contributed by atoms with Crippen LogP contribution in [0.4, 0.5) is 0 Å². The molecule has 1 aromatic carbocycles. The Hall–Kier alpha value is -3.16. The number of carbonyl (C=O) groups is 1. The lowest BCUT2D eigenvalue weighted by Crippen LogP contribution is -2.37. The van der Waals surface area contributed by atoms with Crippen LogP contribution in [0.5, 0.6) is 0 Å². The molecular weight excluding hydrogens is 360 g/mol. The highest BCUT2D eigenvalue weighted by molar-refractivity contribution is 5.70. The van der Waals surface area contributed by atoms with Gasteiger partial charge in [-0.25, -0.2) is 9.78 Å². The summed E-state index contributed by atoms with van der Waals surface area (Å²) in [7, 11) is 2.99. The molecule has 8 nitrogen and oxygen atoms in total. The molecule has 0 saturated heterocycles. The number of hydrogen-bond donors (Lipinski definition) is 0. The van der Waals surface area contributed by atoms with Crippen molar-refractivity contribution in [1.29, 1.82) is 0 Å². The average molecular weight is 384 g/mol. The van der Waals surface area contributed by atoms with Gasteiger partial charge >= 0.3 is 11.7 Å². The number of esters is 1. The van der Waals surface area contributed by atoms with E-state index in [1.165, 1.54) is 29.1 Å². The molecule has 0 atom stereocenters. The van der Waals surface area contributed by atoms with E-state index in [0.717, 1.165) is 17.4 Å². The summed E-state index contributed by atoms with van der Waals surface area (Å²) in [6.45, 7) is 2.48. The Kier molecular flexibility index (Phi) is 5.77. The second kappa shape index (κ2) is 8.24. The predicted molar refractivity (Wildman–Crippen MR) is 105 cm³/mol. The van der Waals surface area contributed by atoms with Crippen LogP contribution in [0.2, 0.25) is 0 Å². The topological polar surface area (TPSA) is 88.1 Å². The first-order chi connectivity index (χ1) is 13.4. The van der Waals surface area contributed by atoms with Crippen LogP contribution in [-0.2, 0) is 36.6 Å². The van der Waals surface area contributed by atoms with Gasteiger partial charge in [0.2, 0.25) is 0 Å². The van der Waals surface area contributed by atoms with Crippen molar-refractivity contribution in [1.82, 2.24) is 18.7 Å². The Morgan fingerprint density at radius 2 is 1.82 bits per heavy atom. The highest BCUT2D eigenvalue weighted by atomic mass is 16.5.